The lowest BCUT2D eigenvalue weighted by atomic mass is 10.0. The maximum absolute atomic E-state index is 10.9. The Morgan fingerprint density at radius 1 is 0.808 bits per heavy atom. The first-order valence-electron chi connectivity index (χ1n) is 8.88. The van der Waals surface area contributed by atoms with Gasteiger partial charge in [0.1, 0.15) is 0 Å². The van der Waals surface area contributed by atoms with Crippen molar-refractivity contribution in [2.24, 2.45) is 0 Å². The van der Waals surface area contributed by atoms with Crippen molar-refractivity contribution in [3.05, 3.63) is 83.2 Å². The van der Waals surface area contributed by atoms with Crippen LogP contribution in [0.4, 0.5) is 0 Å². The highest BCUT2D eigenvalue weighted by Gasteiger charge is 2.04. The Kier molecular flexibility index (Phi) is 5.74. The minimum atomic E-state index is -0.892. The van der Waals surface area contributed by atoms with Gasteiger partial charge in [-0.25, -0.2) is 14.8 Å². The van der Waals surface area contributed by atoms with E-state index in [-0.39, 0.29) is 0 Å². The third-order valence-electron chi connectivity index (χ3n) is 4.36. The van der Waals surface area contributed by atoms with Crippen LogP contribution >= 0.6 is 0 Å². The zero-order chi connectivity index (χ0) is 18.4. The molecule has 0 aliphatic heterocycles. The van der Waals surface area contributed by atoms with E-state index in [1.807, 2.05) is 24.5 Å². The van der Waals surface area contributed by atoms with Gasteiger partial charge in [-0.2, -0.15) is 0 Å². The number of aromatic carboxylic acids is 1. The second-order valence-corrected chi connectivity index (χ2v) is 6.36. The van der Waals surface area contributed by atoms with Crippen LogP contribution in [-0.4, -0.2) is 21.0 Å². The Balaban J connectivity index is 1.61. The number of hydrogen-bond acceptors (Lipinski definition) is 3. The number of carbonyl (C=O) groups is 1. The fourth-order valence-corrected chi connectivity index (χ4v) is 2.84. The molecule has 1 N–H and O–H groups in total. The molecule has 1 aromatic heterocycles. The number of rotatable bonds is 7. The lowest BCUT2D eigenvalue weighted by Gasteiger charge is -2.05. The maximum atomic E-state index is 10.9. The normalized spacial score (nSPS) is 10.7. The van der Waals surface area contributed by atoms with Gasteiger partial charge in [0.25, 0.3) is 0 Å². The molecule has 132 valence electrons. The number of nitrogens with zero attached hydrogens (tertiary/aromatic N) is 2. The maximum Gasteiger partial charge on any atom is 0.335 e. The summed E-state index contributed by atoms with van der Waals surface area (Å²) < 4.78 is 0. The molecule has 1 heterocycles. The van der Waals surface area contributed by atoms with Crippen LogP contribution in [0.15, 0.2) is 60.9 Å². The first-order valence-corrected chi connectivity index (χ1v) is 8.88. The third-order valence-corrected chi connectivity index (χ3v) is 4.36. The molecule has 0 unspecified atom stereocenters. The molecule has 3 aromatic rings. The Labute approximate surface area is 153 Å². The molecule has 0 radical (unpaired) electrons. The Morgan fingerprint density at radius 3 is 1.85 bits per heavy atom. The second kappa shape index (κ2) is 8.39. The van der Waals surface area contributed by atoms with E-state index >= 15 is 0 Å². The van der Waals surface area contributed by atoms with Gasteiger partial charge in [-0.3, -0.25) is 0 Å². The fourth-order valence-electron chi connectivity index (χ4n) is 2.84. The van der Waals surface area contributed by atoms with Crippen LogP contribution in [0.3, 0.4) is 0 Å². The predicted octanol–water partition coefficient (Wildman–Crippen LogP) is 4.58. The Morgan fingerprint density at radius 2 is 1.35 bits per heavy atom. The van der Waals surface area contributed by atoms with Crippen molar-refractivity contribution in [3.8, 4) is 11.4 Å². The summed E-state index contributed by atoms with van der Waals surface area (Å²) in [5.74, 6) is -0.141. The quantitative estimate of drug-likeness (QED) is 0.680. The van der Waals surface area contributed by atoms with E-state index in [4.69, 9.17) is 5.11 Å². The highest BCUT2D eigenvalue weighted by Crippen LogP contribution is 2.17. The molecule has 0 spiro atoms. The lowest BCUT2D eigenvalue weighted by Crippen LogP contribution is -1.97. The number of aromatic nitrogens is 2. The summed E-state index contributed by atoms with van der Waals surface area (Å²) in [4.78, 5) is 19.8. The van der Waals surface area contributed by atoms with Gasteiger partial charge in [0.2, 0.25) is 0 Å². The molecule has 0 aliphatic rings. The van der Waals surface area contributed by atoms with E-state index in [0.29, 0.717) is 5.56 Å². The molecule has 2 aromatic carbocycles. The van der Waals surface area contributed by atoms with Crippen molar-refractivity contribution in [2.45, 2.75) is 32.6 Å². The van der Waals surface area contributed by atoms with Crippen LogP contribution in [0.2, 0.25) is 0 Å². The molecule has 3 rings (SSSR count). The van der Waals surface area contributed by atoms with Gasteiger partial charge in [0.15, 0.2) is 5.82 Å². The lowest BCUT2D eigenvalue weighted by molar-refractivity contribution is 0.0697. The minimum Gasteiger partial charge on any atom is -0.478 e. The molecule has 4 nitrogen and oxygen atoms in total. The standard InChI is InChI=1S/C22H22N2O2/c1-2-3-18-14-23-21(24-15-18)19-10-6-16(7-11-19)4-5-17-8-12-20(13-9-17)22(25)26/h6-15H,2-5H2,1H3,(H,25,26). The molecule has 0 saturated carbocycles. The molecule has 0 bridgehead atoms. The van der Waals surface area contributed by atoms with Crippen molar-refractivity contribution >= 4 is 5.97 Å². The third kappa shape index (κ3) is 4.54. The summed E-state index contributed by atoms with van der Waals surface area (Å²) >= 11 is 0. The molecule has 0 saturated heterocycles. The van der Waals surface area contributed by atoms with E-state index in [0.717, 1.165) is 42.6 Å². The predicted molar refractivity (Wildman–Crippen MR) is 102 cm³/mol. The SMILES string of the molecule is CCCc1cnc(-c2ccc(CCc3ccc(C(=O)O)cc3)cc2)nc1. The van der Waals surface area contributed by atoms with Gasteiger partial charge in [-0.05, 0) is 48.1 Å². The van der Waals surface area contributed by atoms with Crippen molar-refractivity contribution in [1.82, 2.24) is 9.97 Å². The van der Waals surface area contributed by atoms with Crippen LogP contribution in [0, 0.1) is 0 Å². The summed E-state index contributed by atoms with van der Waals surface area (Å²) in [6.45, 7) is 2.15. The molecule has 0 aliphatic carbocycles. The van der Waals surface area contributed by atoms with Crippen LogP contribution in [-0.2, 0) is 19.3 Å². The van der Waals surface area contributed by atoms with E-state index in [1.165, 1.54) is 11.1 Å². The Hall–Kier alpha value is -3.01. The van der Waals surface area contributed by atoms with E-state index in [9.17, 15) is 4.79 Å². The zero-order valence-corrected chi connectivity index (χ0v) is 14.9. The topological polar surface area (TPSA) is 63.1 Å². The van der Waals surface area contributed by atoms with Gasteiger partial charge in [-0.15, -0.1) is 0 Å². The molecular weight excluding hydrogens is 324 g/mol. The molecular formula is C22H22N2O2. The molecule has 0 amide bonds. The number of aryl methyl sites for hydroxylation is 3. The number of carboxylic acids is 1. The Bertz CT molecular complexity index is 854. The molecule has 4 heteroatoms. The fraction of sp³-hybridized carbons (Fsp3) is 0.227. The largest absolute Gasteiger partial charge is 0.478 e. The highest BCUT2D eigenvalue weighted by molar-refractivity contribution is 5.87. The first-order chi connectivity index (χ1) is 12.7. The van der Waals surface area contributed by atoms with Gasteiger partial charge in [0, 0.05) is 18.0 Å². The number of benzene rings is 2. The first kappa shape index (κ1) is 17.8. The van der Waals surface area contributed by atoms with E-state index in [1.54, 1.807) is 12.1 Å². The second-order valence-electron chi connectivity index (χ2n) is 6.36. The highest BCUT2D eigenvalue weighted by atomic mass is 16.4. The summed E-state index contributed by atoms with van der Waals surface area (Å²) in [7, 11) is 0. The summed E-state index contributed by atoms with van der Waals surface area (Å²) in [5, 5.41) is 8.94. The molecule has 0 atom stereocenters. The summed E-state index contributed by atoms with van der Waals surface area (Å²) in [6, 6.07) is 15.4. The van der Waals surface area contributed by atoms with Gasteiger partial charge >= 0.3 is 5.97 Å². The van der Waals surface area contributed by atoms with E-state index < -0.39 is 5.97 Å². The van der Waals surface area contributed by atoms with Crippen molar-refractivity contribution in [1.29, 1.82) is 0 Å². The average Bonchev–Trinajstić information content (AvgIpc) is 2.68. The van der Waals surface area contributed by atoms with Crippen LogP contribution in [0.1, 0.15) is 40.4 Å². The van der Waals surface area contributed by atoms with Gasteiger partial charge in [-0.1, -0.05) is 49.7 Å². The summed E-state index contributed by atoms with van der Waals surface area (Å²) in [5.41, 5.74) is 4.88. The van der Waals surface area contributed by atoms with Gasteiger partial charge < -0.3 is 5.11 Å². The van der Waals surface area contributed by atoms with Gasteiger partial charge in [0.05, 0.1) is 5.56 Å². The minimum absolute atomic E-state index is 0.322. The summed E-state index contributed by atoms with van der Waals surface area (Å²) in [6.07, 6.45) is 7.69. The molecule has 26 heavy (non-hydrogen) atoms. The van der Waals surface area contributed by atoms with E-state index in [2.05, 4.69) is 41.2 Å². The van der Waals surface area contributed by atoms with Crippen LogP contribution in [0.5, 0.6) is 0 Å². The van der Waals surface area contributed by atoms with Crippen LogP contribution in [0.25, 0.3) is 11.4 Å². The smallest absolute Gasteiger partial charge is 0.335 e. The molecule has 0 fully saturated rings. The average molecular weight is 346 g/mol. The monoisotopic (exact) mass is 346 g/mol. The number of hydrogen-bond donors (Lipinski definition) is 1. The van der Waals surface area contributed by atoms with Crippen molar-refractivity contribution < 1.29 is 9.90 Å². The van der Waals surface area contributed by atoms with Crippen molar-refractivity contribution in [3.63, 3.8) is 0 Å². The zero-order valence-electron chi connectivity index (χ0n) is 14.9. The number of carboxylic acid groups (broad SMARTS) is 1. The van der Waals surface area contributed by atoms with Crippen molar-refractivity contribution in [2.75, 3.05) is 0 Å². The van der Waals surface area contributed by atoms with Crippen LogP contribution < -0.4 is 0 Å².